The zero-order chi connectivity index (χ0) is 14.5. The summed E-state index contributed by atoms with van der Waals surface area (Å²) in [6.07, 6.45) is 5.57. The van der Waals surface area contributed by atoms with Crippen molar-refractivity contribution in [3.05, 3.63) is 29.8 Å². The van der Waals surface area contributed by atoms with Gasteiger partial charge in [0, 0.05) is 24.7 Å². The van der Waals surface area contributed by atoms with Crippen molar-refractivity contribution in [3.63, 3.8) is 0 Å². The molecule has 0 heterocycles. The van der Waals surface area contributed by atoms with Crippen LogP contribution in [-0.4, -0.2) is 42.4 Å². The van der Waals surface area contributed by atoms with Crippen LogP contribution >= 0.6 is 0 Å². The minimum absolute atomic E-state index is 0.101. The first-order chi connectivity index (χ1) is 10.3. The van der Waals surface area contributed by atoms with Crippen LogP contribution in [0.1, 0.15) is 31.2 Å². The maximum Gasteiger partial charge on any atom is 0.119 e. The average molecular weight is 285 g/mol. The maximum atomic E-state index is 8.66. The summed E-state index contributed by atoms with van der Waals surface area (Å²) in [4.78, 5) is 2.61. The molecule has 21 heavy (non-hydrogen) atoms. The highest BCUT2D eigenvalue weighted by Crippen LogP contribution is 2.34. The summed E-state index contributed by atoms with van der Waals surface area (Å²) in [5.41, 5.74) is 0.907. The number of aliphatic hydroxyl groups excluding tert-OH is 1. The molecule has 0 saturated heterocycles. The molecule has 0 bridgehead atoms. The largest absolute Gasteiger partial charge is 0.492 e. The fourth-order valence-corrected chi connectivity index (χ4v) is 2.55. The standard InChI is InChI=1S/C18H23NO2/c20-12-1-2-15-5-9-18(10-6-15)21-13-11-19(17-7-8-17)14-16-3-4-16/h5-6,9-10,16-17,20H,3-4,7-8,11-14H2. The van der Waals surface area contributed by atoms with Crippen molar-refractivity contribution >= 4 is 0 Å². The first kappa shape index (κ1) is 14.4. The van der Waals surface area contributed by atoms with Crippen LogP contribution in [0, 0.1) is 17.8 Å². The molecule has 2 saturated carbocycles. The van der Waals surface area contributed by atoms with Crippen LogP contribution in [0.5, 0.6) is 5.75 Å². The third-order valence-corrected chi connectivity index (χ3v) is 4.07. The van der Waals surface area contributed by atoms with Gasteiger partial charge < -0.3 is 9.84 Å². The lowest BCUT2D eigenvalue weighted by Crippen LogP contribution is -2.32. The van der Waals surface area contributed by atoms with Crippen LogP contribution in [0.2, 0.25) is 0 Å². The van der Waals surface area contributed by atoms with Gasteiger partial charge in [-0.3, -0.25) is 4.90 Å². The van der Waals surface area contributed by atoms with Crippen molar-refractivity contribution in [2.24, 2.45) is 5.92 Å². The highest BCUT2D eigenvalue weighted by Gasteiger charge is 2.33. The first-order valence-corrected chi connectivity index (χ1v) is 7.92. The highest BCUT2D eigenvalue weighted by atomic mass is 16.5. The van der Waals surface area contributed by atoms with E-state index in [1.807, 2.05) is 24.3 Å². The number of nitrogens with zero attached hydrogens (tertiary/aromatic N) is 1. The Hall–Kier alpha value is -1.50. The molecule has 0 amide bonds. The van der Waals surface area contributed by atoms with Gasteiger partial charge in [0.15, 0.2) is 0 Å². The molecule has 1 aromatic rings. The van der Waals surface area contributed by atoms with Crippen LogP contribution in [0.15, 0.2) is 24.3 Å². The van der Waals surface area contributed by atoms with E-state index in [0.29, 0.717) is 0 Å². The van der Waals surface area contributed by atoms with E-state index in [2.05, 4.69) is 16.7 Å². The Bertz CT molecular complexity index is 506. The molecule has 0 aromatic heterocycles. The Labute approximate surface area is 126 Å². The lowest BCUT2D eigenvalue weighted by molar-refractivity contribution is 0.195. The van der Waals surface area contributed by atoms with Crippen molar-refractivity contribution < 1.29 is 9.84 Å². The van der Waals surface area contributed by atoms with E-state index in [-0.39, 0.29) is 6.61 Å². The highest BCUT2D eigenvalue weighted by molar-refractivity contribution is 5.38. The van der Waals surface area contributed by atoms with E-state index in [1.54, 1.807) is 0 Å². The summed E-state index contributed by atoms with van der Waals surface area (Å²) >= 11 is 0. The fraction of sp³-hybridized carbons (Fsp3) is 0.556. The third-order valence-electron chi connectivity index (χ3n) is 4.07. The van der Waals surface area contributed by atoms with Gasteiger partial charge in [0.05, 0.1) is 0 Å². The van der Waals surface area contributed by atoms with Crippen LogP contribution in [0.4, 0.5) is 0 Å². The third kappa shape index (κ3) is 4.77. The molecule has 3 nitrogen and oxygen atoms in total. The average Bonchev–Trinajstić information content (AvgIpc) is 3.38. The van der Waals surface area contributed by atoms with Gasteiger partial charge >= 0.3 is 0 Å². The van der Waals surface area contributed by atoms with E-state index in [9.17, 15) is 0 Å². The quantitative estimate of drug-likeness (QED) is 0.780. The van der Waals surface area contributed by atoms with Crippen LogP contribution in [0.3, 0.4) is 0 Å². The topological polar surface area (TPSA) is 32.7 Å². The summed E-state index contributed by atoms with van der Waals surface area (Å²) in [6, 6.07) is 8.58. The second-order valence-corrected chi connectivity index (χ2v) is 6.00. The number of hydrogen-bond acceptors (Lipinski definition) is 3. The summed E-state index contributed by atoms with van der Waals surface area (Å²) < 4.78 is 5.84. The fourth-order valence-electron chi connectivity index (χ4n) is 2.55. The van der Waals surface area contributed by atoms with Crippen LogP contribution in [-0.2, 0) is 0 Å². The second kappa shape index (κ2) is 6.98. The summed E-state index contributed by atoms with van der Waals surface area (Å²) in [5.74, 6) is 7.38. The number of benzene rings is 1. The normalized spacial score (nSPS) is 17.4. The van der Waals surface area contributed by atoms with Gasteiger partial charge in [0.1, 0.15) is 19.0 Å². The SMILES string of the molecule is OCC#Cc1ccc(OCCN(CC2CC2)C2CC2)cc1. The molecule has 0 aliphatic heterocycles. The van der Waals surface area contributed by atoms with E-state index >= 15 is 0 Å². The molecule has 0 atom stereocenters. The first-order valence-electron chi connectivity index (χ1n) is 7.92. The van der Waals surface area contributed by atoms with E-state index in [1.165, 1.54) is 32.2 Å². The Morgan fingerprint density at radius 1 is 1.14 bits per heavy atom. The Balaban J connectivity index is 1.43. The molecule has 0 spiro atoms. The molecule has 3 heteroatoms. The molecule has 2 fully saturated rings. The molecular weight excluding hydrogens is 262 g/mol. The maximum absolute atomic E-state index is 8.66. The molecule has 0 radical (unpaired) electrons. The van der Waals surface area contributed by atoms with Gasteiger partial charge in [0.2, 0.25) is 0 Å². The molecular formula is C18H23NO2. The molecule has 2 aliphatic rings. The van der Waals surface area contributed by atoms with E-state index < -0.39 is 0 Å². The predicted octanol–water partition coefficient (Wildman–Crippen LogP) is 2.28. The summed E-state index contributed by atoms with van der Waals surface area (Å²) in [7, 11) is 0. The number of hydrogen-bond donors (Lipinski definition) is 1. The van der Waals surface area contributed by atoms with Gasteiger partial charge in [-0.05, 0) is 55.9 Å². The van der Waals surface area contributed by atoms with E-state index in [0.717, 1.165) is 36.4 Å². The predicted molar refractivity (Wildman–Crippen MR) is 83.2 cm³/mol. The van der Waals surface area contributed by atoms with Crippen molar-refractivity contribution in [2.45, 2.75) is 31.7 Å². The lowest BCUT2D eigenvalue weighted by atomic mass is 10.2. The Morgan fingerprint density at radius 2 is 1.90 bits per heavy atom. The van der Waals surface area contributed by atoms with Crippen molar-refractivity contribution in [2.75, 3.05) is 26.3 Å². The van der Waals surface area contributed by atoms with Gasteiger partial charge in [-0.15, -0.1) is 0 Å². The van der Waals surface area contributed by atoms with Gasteiger partial charge in [-0.2, -0.15) is 0 Å². The zero-order valence-corrected chi connectivity index (χ0v) is 12.4. The van der Waals surface area contributed by atoms with Crippen molar-refractivity contribution in [1.29, 1.82) is 0 Å². The van der Waals surface area contributed by atoms with Gasteiger partial charge in [-0.25, -0.2) is 0 Å². The minimum atomic E-state index is -0.101. The van der Waals surface area contributed by atoms with Crippen molar-refractivity contribution in [3.8, 4) is 17.6 Å². The smallest absolute Gasteiger partial charge is 0.119 e. The van der Waals surface area contributed by atoms with Gasteiger partial charge in [-0.1, -0.05) is 11.8 Å². The number of rotatable bonds is 7. The lowest BCUT2D eigenvalue weighted by Gasteiger charge is -2.21. The Kier molecular flexibility index (Phi) is 4.80. The van der Waals surface area contributed by atoms with Gasteiger partial charge in [0.25, 0.3) is 0 Å². The molecule has 112 valence electrons. The number of ether oxygens (including phenoxy) is 1. The summed E-state index contributed by atoms with van der Waals surface area (Å²) in [6.45, 7) is 2.96. The van der Waals surface area contributed by atoms with E-state index in [4.69, 9.17) is 9.84 Å². The molecule has 3 rings (SSSR count). The zero-order valence-electron chi connectivity index (χ0n) is 12.4. The summed E-state index contributed by atoms with van der Waals surface area (Å²) in [5, 5.41) is 8.66. The van der Waals surface area contributed by atoms with Crippen LogP contribution < -0.4 is 4.74 Å². The number of aliphatic hydroxyl groups is 1. The van der Waals surface area contributed by atoms with Crippen LogP contribution in [0.25, 0.3) is 0 Å². The molecule has 0 unspecified atom stereocenters. The Morgan fingerprint density at radius 3 is 2.52 bits per heavy atom. The molecule has 2 aliphatic carbocycles. The minimum Gasteiger partial charge on any atom is -0.492 e. The monoisotopic (exact) mass is 285 g/mol. The second-order valence-electron chi connectivity index (χ2n) is 6.00. The van der Waals surface area contributed by atoms with Crippen molar-refractivity contribution in [1.82, 2.24) is 4.90 Å². The molecule has 1 N–H and O–H groups in total. The molecule has 1 aromatic carbocycles.